The monoisotopic (exact) mass is 235 g/mol. The van der Waals surface area contributed by atoms with Gasteiger partial charge in [-0.15, -0.1) is 0 Å². The van der Waals surface area contributed by atoms with E-state index >= 15 is 0 Å². The van der Waals surface area contributed by atoms with E-state index in [0.717, 1.165) is 11.1 Å². The maximum Gasteiger partial charge on any atom is 0.236 e. The fourth-order valence-corrected chi connectivity index (χ4v) is 1.85. The van der Waals surface area contributed by atoms with E-state index in [4.69, 9.17) is 5.73 Å². The summed E-state index contributed by atoms with van der Waals surface area (Å²) in [5, 5.41) is 1.62. The average molecular weight is 235 g/mol. The Labute approximate surface area is 103 Å². The van der Waals surface area contributed by atoms with Gasteiger partial charge in [-0.05, 0) is 25.0 Å². The van der Waals surface area contributed by atoms with E-state index in [0.29, 0.717) is 6.42 Å². The Hall–Kier alpha value is -1.39. The highest BCUT2D eigenvalue weighted by Gasteiger charge is 2.13. The number of rotatable bonds is 4. The lowest BCUT2D eigenvalue weighted by Gasteiger charge is -2.17. The van der Waals surface area contributed by atoms with Crippen molar-refractivity contribution in [2.24, 2.45) is 5.73 Å². The Morgan fingerprint density at radius 2 is 2.06 bits per heavy atom. The molecular weight excluding hydrogens is 214 g/mol. The molecule has 94 valence electrons. The van der Waals surface area contributed by atoms with Gasteiger partial charge in [0.15, 0.2) is 0 Å². The molecule has 0 spiro atoms. The number of nitrogens with one attached hydrogen (secondary N) is 1. The Balaban J connectivity index is 2.69. The number of nitrogens with zero attached hydrogens (tertiary/aromatic N) is 1. The lowest BCUT2D eigenvalue weighted by Crippen LogP contribution is -2.37. The zero-order valence-electron chi connectivity index (χ0n) is 10.9. The van der Waals surface area contributed by atoms with E-state index in [1.165, 1.54) is 5.56 Å². The third-order valence-electron chi connectivity index (χ3n) is 2.58. The standard InChI is InChI=1S/C13H21N3O/c1-9-5-6-11(10(2)7-9)12(14)8-13(17)15-16(3)4/h5-7,12H,8,14H2,1-4H3,(H,15,17). The average Bonchev–Trinajstić information content (AvgIpc) is 2.15. The zero-order chi connectivity index (χ0) is 13.0. The van der Waals surface area contributed by atoms with Crippen molar-refractivity contribution >= 4 is 5.91 Å². The minimum Gasteiger partial charge on any atom is -0.324 e. The molecule has 1 atom stereocenters. The number of aryl methyl sites for hydroxylation is 2. The molecule has 0 saturated heterocycles. The first kappa shape index (κ1) is 13.7. The first-order valence-electron chi connectivity index (χ1n) is 5.69. The molecule has 0 bridgehead atoms. The molecule has 0 fully saturated rings. The van der Waals surface area contributed by atoms with Crippen LogP contribution in [0.2, 0.25) is 0 Å². The van der Waals surface area contributed by atoms with Gasteiger partial charge < -0.3 is 5.73 Å². The van der Waals surface area contributed by atoms with Gasteiger partial charge in [0.2, 0.25) is 5.91 Å². The Bertz CT molecular complexity index is 402. The molecule has 0 aromatic heterocycles. The molecule has 1 unspecified atom stereocenters. The van der Waals surface area contributed by atoms with Crippen molar-refractivity contribution in [1.29, 1.82) is 0 Å². The Kier molecular flexibility index (Phi) is 4.66. The predicted molar refractivity (Wildman–Crippen MR) is 69.3 cm³/mol. The first-order chi connectivity index (χ1) is 7.90. The Morgan fingerprint density at radius 3 is 2.59 bits per heavy atom. The fourth-order valence-electron chi connectivity index (χ4n) is 1.85. The summed E-state index contributed by atoms with van der Waals surface area (Å²) in [5.74, 6) is -0.0672. The molecule has 17 heavy (non-hydrogen) atoms. The summed E-state index contributed by atoms with van der Waals surface area (Å²) in [6.45, 7) is 4.06. The number of hydrogen-bond donors (Lipinski definition) is 2. The van der Waals surface area contributed by atoms with Crippen molar-refractivity contribution in [3.05, 3.63) is 34.9 Å². The second-order valence-corrected chi connectivity index (χ2v) is 4.60. The minimum absolute atomic E-state index is 0.0672. The quantitative estimate of drug-likeness (QED) is 0.773. The van der Waals surface area contributed by atoms with Crippen molar-refractivity contribution in [2.45, 2.75) is 26.3 Å². The van der Waals surface area contributed by atoms with Gasteiger partial charge >= 0.3 is 0 Å². The molecule has 0 saturated carbocycles. The lowest BCUT2D eigenvalue weighted by molar-refractivity contribution is -0.125. The molecular formula is C13H21N3O. The van der Waals surface area contributed by atoms with E-state index in [1.54, 1.807) is 19.1 Å². The molecule has 1 rings (SSSR count). The molecule has 3 N–H and O–H groups in total. The number of carbonyl (C=O) groups is 1. The van der Waals surface area contributed by atoms with Crippen LogP contribution in [0.3, 0.4) is 0 Å². The van der Waals surface area contributed by atoms with Crippen molar-refractivity contribution in [1.82, 2.24) is 10.4 Å². The number of amides is 1. The van der Waals surface area contributed by atoms with Crippen molar-refractivity contribution < 1.29 is 4.79 Å². The van der Waals surface area contributed by atoms with Crippen LogP contribution >= 0.6 is 0 Å². The summed E-state index contributed by atoms with van der Waals surface area (Å²) in [4.78, 5) is 11.6. The molecule has 4 heteroatoms. The van der Waals surface area contributed by atoms with E-state index < -0.39 is 0 Å². The van der Waals surface area contributed by atoms with E-state index in [2.05, 4.69) is 11.5 Å². The number of carbonyl (C=O) groups excluding carboxylic acids is 1. The predicted octanol–water partition coefficient (Wildman–Crippen LogP) is 1.29. The molecule has 0 aliphatic rings. The van der Waals surface area contributed by atoms with Crippen LogP contribution in [0.5, 0.6) is 0 Å². The number of hydrogen-bond acceptors (Lipinski definition) is 3. The highest BCUT2D eigenvalue weighted by molar-refractivity contribution is 5.76. The molecule has 0 aliphatic carbocycles. The highest BCUT2D eigenvalue weighted by Crippen LogP contribution is 2.19. The largest absolute Gasteiger partial charge is 0.324 e. The van der Waals surface area contributed by atoms with Crippen LogP contribution in [0.1, 0.15) is 29.2 Å². The van der Waals surface area contributed by atoms with E-state index in [9.17, 15) is 4.79 Å². The van der Waals surface area contributed by atoms with Crippen LogP contribution in [0.15, 0.2) is 18.2 Å². The van der Waals surface area contributed by atoms with Crippen molar-refractivity contribution in [3.8, 4) is 0 Å². The summed E-state index contributed by atoms with van der Waals surface area (Å²) in [7, 11) is 3.56. The summed E-state index contributed by atoms with van der Waals surface area (Å²) in [6, 6.07) is 5.85. The maximum atomic E-state index is 11.6. The fraction of sp³-hybridized carbons (Fsp3) is 0.462. The Morgan fingerprint density at radius 1 is 1.41 bits per heavy atom. The summed E-state index contributed by atoms with van der Waals surface area (Å²) in [5.41, 5.74) is 12.1. The third kappa shape index (κ3) is 4.17. The van der Waals surface area contributed by atoms with Crippen molar-refractivity contribution in [3.63, 3.8) is 0 Å². The third-order valence-corrected chi connectivity index (χ3v) is 2.58. The van der Waals surface area contributed by atoms with Gasteiger partial charge in [0.05, 0.1) is 0 Å². The first-order valence-corrected chi connectivity index (χ1v) is 5.69. The smallest absolute Gasteiger partial charge is 0.236 e. The summed E-state index contributed by atoms with van der Waals surface area (Å²) < 4.78 is 0. The second kappa shape index (κ2) is 5.80. The normalized spacial score (nSPS) is 12.6. The molecule has 1 aromatic rings. The summed E-state index contributed by atoms with van der Waals surface area (Å²) >= 11 is 0. The van der Waals surface area contributed by atoms with Gasteiger partial charge in [-0.1, -0.05) is 23.8 Å². The topological polar surface area (TPSA) is 58.4 Å². The number of hydrazine groups is 1. The second-order valence-electron chi connectivity index (χ2n) is 4.60. The van der Waals surface area contributed by atoms with E-state index in [1.807, 2.05) is 26.0 Å². The van der Waals surface area contributed by atoms with Crippen molar-refractivity contribution in [2.75, 3.05) is 14.1 Å². The summed E-state index contributed by atoms with van der Waals surface area (Å²) in [6.07, 6.45) is 0.294. The maximum absolute atomic E-state index is 11.6. The van der Waals surface area contributed by atoms with Crippen LogP contribution in [-0.4, -0.2) is 25.0 Å². The molecule has 0 radical (unpaired) electrons. The van der Waals surface area contributed by atoms with Gasteiger partial charge in [0, 0.05) is 26.6 Å². The van der Waals surface area contributed by atoms with E-state index in [-0.39, 0.29) is 11.9 Å². The molecule has 4 nitrogen and oxygen atoms in total. The minimum atomic E-state index is -0.254. The SMILES string of the molecule is Cc1ccc(C(N)CC(=O)NN(C)C)c(C)c1. The van der Waals surface area contributed by atoms with Crippen LogP contribution in [0, 0.1) is 13.8 Å². The van der Waals surface area contributed by atoms with Gasteiger partial charge in [0.25, 0.3) is 0 Å². The van der Waals surface area contributed by atoms with Crippen LogP contribution in [0.4, 0.5) is 0 Å². The van der Waals surface area contributed by atoms with Gasteiger partial charge in [0.1, 0.15) is 0 Å². The van der Waals surface area contributed by atoms with Gasteiger partial charge in [-0.2, -0.15) is 0 Å². The zero-order valence-corrected chi connectivity index (χ0v) is 10.9. The van der Waals surface area contributed by atoms with Gasteiger partial charge in [-0.3, -0.25) is 10.2 Å². The number of nitrogens with two attached hydrogens (primary N) is 1. The number of benzene rings is 1. The lowest BCUT2D eigenvalue weighted by atomic mass is 9.97. The highest BCUT2D eigenvalue weighted by atomic mass is 16.2. The van der Waals surface area contributed by atoms with Crippen LogP contribution in [-0.2, 0) is 4.79 Å². The van der Waals surface area contributed by atoms with Crippen LogP contribution in [0.25, 0.3) is 0 Å². The molecule has 1 aromatic carbocycles. The molecule has 1 amide bonds. The molecule has 0 heterocycles. The molecule has 0 aliphatic heterocycles. The van der Waals surface area contributed by atoms with Gasteiger partial charge in [-0.25, -0.2) is 5.01 Å². The van der Waals surface area contributed by atoms with Crippen LogP contribution < -0.4 is 11.2 Å².